The fraction of sp³-hybridized carbons (Fsp3) is 0.304. The molecular weight excluding hydrogens is 398 g/mol. The van der Waals surface area contributed by atoms with Crippen molar-refractivity contribution in [2.75, 3.05) is 13.6 Å². The van der Waals surface area contributed by atoms with Gasteiger partial charge < -0.3 is 23.8 Å². The topological polar surface area (TPSA) is 75.1 Å². The van der Waals surface area contributed by atoms with Gasteiger partial charge in [-0.2, -0.15) is 5.10 Å². The van der Waals surface area contributed by atoms with Gasteiger partial charge in [0.2, 0.25) is 13.6 Å². The van der Waals surface area contributed by atoms with Crippen molar-refractivity contribution in [3.05, 3.63) is 64.5 Å². The predicted octanol–water partition coefficient (Wildman–Crippen LogP) is 3.34. The van der Waals surface area contributed by atoms with Crippen LogP contribution in [0, 0.1) is 13.8 Å². The summed E-state index contributed by atoms with van der Waals surface area (Å²) in [6, 6.07) is 11.0. The molecule has 0 saturated carbocycles. The van der Waals surface area contributed by atoms with E-state index in [1.54, 1.807) is 23.1 Å². The van der Waals surface area contributed by atoms with Gasteiger partial charge in [0.05, 0.1) is 12.2 Å². The van der Waals surface area contributed by atoms with Crippen molar-refractivity contribution >= 4 is 5.91 Å². The van der Waals surface area contributed by atoms with E-state index in [0.717, 1.165) is 22.5 Å². The summed E-state index contributed by atoms with van der Waals surface area (Å²) >= 11 is 0. The van der Waals surface area contributed by atoms with Crippen molar-refractivity contribution in [2.24, 2.45) is 7.05 Å². The number of fused-ring (bicyclic) bond motifs is 2. The number of carbonyl (C=O) groups is 1. The highest BCUT2D eigenvalue weighted by Crippen LogP contribution is 2.37. The van der Waals surface area contributed by atoms with Gasteiger partial charge >= 0.3 is 0 Å². The van der Waals surface area contributed by atoms with Crippen LogP contribution in [0.2, 0.25) is 0 Å². The van der Waals surface area contributed by atoms with Crippen molar-refractivity contribution in [1.82, 2.24) is 14.7 Å². The van der Waals surface area contributed by atoms with Gasteiger partial charge in [0, 0.05) is 36.0 Å². The first-order valence-electron chi connectivity index (χ1n) is 10.1. The van der Waals surface area contributed by atoms with Crippen LogP contribution in [0.3, 0.4) is 0 Å². The maximum Gasteiger partial charge on any atom is 0.254 e. The summed E-state index contributed by atoms with van der Waals surface area (Å²) in [7, 11) is 1.91. The van der Waals surface area contributed by atoms with Crippen LogP contribution in [-0.4, -0.2) is 34.2 Å². The minimum absolute atomic E-state index is 0.113. The molecule has 2 aliphatic rings. The zero-order chi connectivity index (χ0) is 21.5. The van der Waals surface area contributed by atoms with Gasteiger partial charge in [-0.15, -0.1) is 0 Å². The molecule has 0 N–H and O–H groups in total. The van der Waals surface area contributed by atoms with E-state index >= 15 is 0 Å². The van der Waals surface area contributed by atoms with E-state index in [1.807, 2.05) is 43.8 Å². The molecule has 0 atom stereocenters. The number of amides is 1. The minimum atomic E-state index is -0.113. The molecule has 0 radical (unpaired) electrons. The molecule has 3 aromatic rings. The summed E-state index contributed by atoms with van der Waals surface area (Å²) < 4.78 is 23.9. The Morgan fingerprint density at radius 3 is 2.58 bits per heavy atom. The first kappa shape index (κ1) is 19.3. The largest absolute Gasteiger partial charge is 0.454 e. The predicted molar refractivity (Wildman–Crippen MR) is 111 cm³/mol. The van der Waals surface area contributed by atoms with Crippen molar-refractivity contribution < 1.29 is 23.7 Å². The number of benzene rings is 2. The lowest BCUT2D eigenvalue weighted by Gasteiger charge is -2.24. The zero-order valence-electron chi connectivity index (χ0n) is 17.7. The molecule has 2 aliphatic heterocycles. The van der Waals surface area contributed by atoms with Crippen molar-refractivity contribution in [3.8, 4) is 23.0 Å². The zero-order valence-corrected chi connectivity index (χ0v) is 17.7. The third-order valence-electron chi connectivity index (χ3n) is 5.75. The number of ether oxygens (including phenoxy) is 4. The Bertz CT molecular complexity index is 1170. The normalized spacial score (nSPS) is 13.5. The van der Waals surface area contributed by atoms with Gasteiger partial charge in [-0.1, -0.05) is 12.1 Å². The fourth-order valence-electron chi connectivity index (χ4n) is 3.97. The van der Waals surface area contributed by atoms with Crippen LogP contribution in [0.25, 0.3) is 0 Å². The second-order valence-electron chi connectivity index (χ2n) is 7.65. The molecule has 0 fully saturated rings. The molecule has 1 aromatic heterocycles. The Balaban J connectivity index is 1.51. The highest BCUT2D eigenvalue weighted by atomic mass is 16.7. The molecular formula is C23H23N3O5. The molecule has 0 aliphatic carbocycles. The summed E-state index contributed by atoms with van der Waals surface area (Å²) in [6.07, 6.45) is 0. The average molecular weight is 421 g/mol. The Morgan fingerprint density at radius 2 is 1.77 bits per heavy atom. The van der Waals surface area contributed by atoms with E-state index in [2.05, 4.69) is 5.10 Å². The summed E-state index contributed by atoms with van der Waals surface area (Å²) in [5.41, 5.74) is 4.39. The molecule has 0 spiro atoms. The lowest BCUT2D eigenvalue weighted by Crippen LogP contribution is -2.30. The van der Waals surface area contributed by atoms with Crippen molar-refractivity contribution in [2.45, 2.75) is 26.9 Å². The fourth-order valence-corrected chi connectivity index (χ4v) is 3.97. The van der Waals surface area contributed by atoms with Crippen LogP contribution < -0.4 is 18.9 Å². The summed E-state index contributed by atoms with van der Waals surface area (Å²) in [6.45, 7) is 5.11. The summed E-state index contributed by atoms with van der Waals surface area (Å²) in [5, 5.41) is 4.51. The van der Waals surface area contributed by atoms with Crippen LogP contribution in [0.5, 0.6) is 23.0 Å². The molecule has 0 saturated heterocycles. The number of carbonyl (C=O) groups excluding carboxylic acids is 1. The van der Waals surface area contributed by atoms with E-state index in [1.165, 1.54) is 0 Å². The number of hydrogen-bond donors (Lipinski definition) is 0. The molecule has 1 amide bonds. The van der Waals surface area contributed by atoms with Gasteiger partial charge in [0.25, 0.3) is 5.91 Å². The van der Waals surface area contributed by atoms with Gasteiger partial charge in [-0.3, -0.25) is 9.48 Å². The van der Waals surface area contributed by atoms with Crippen molar-refractivity contribution in [3.63, 3.8) is 0 Å². The molecule has 5 rings (SSSR count). The van der Waals surface area contributed by atoms with Crippen molar-refractivity contribution in [1.29, 1.82) is 0 Å². The number of aromatic nitrogens is 2. The second-order valence-corrected chi connectivity index (χ2v) is 7.65. The third-order valence-corrected chi connectivity index (χ3v) is 5.75. The first-order chi connectivity index (χ1) is 15.0. The van der Waals surface area contributed by atoms with Gasteiger partial charge in [0.15, 0.2) is 23.0 Å². The number of aryl methyl sites for hydroxylation is 2. The highest BCUT2D eigenvalue weighted by Gasteiger charge is 2.25. The average Bonchev–Trinajstić information content (AvgIpc) is 3.48. The molecule has 8 heteroatoms. The van der Waals surface area contributed by atoms with Gasteiger partial charge in [-0.05, 0) is 38.1 Å². The van der Waals surface area contributed by atoms with E-state index in [0.29, 0.717) is 41.7 Å². The standard InChI is InChI=1S/C23H23N3O5/c1-14-18(15(2)25(3)24-14)11-26(10-17-5-4-6-20-22(17)31-13-29-20)23(27)16-7-8-19-21(9-16)30-12-28-19/h4-9H,10-13H2,1-3H3. The quantitative estimate of drug-likeness (QED) is 0.629. The molecule has 0 unspecified atom stereocenters. The molecule has 3 heterocycles. The van der Waals surface area contributed by atoms with Gasteiger partial charge in [0.1, 0.15) is 0 Å². The minimum Gasteiger partial charge on any atom is -0.454 e. The van der Waals surface area contributed by atoms with Crippen LogP contribution in [0.15, 0.2) is 36.4 Å². The number of hydrogen-bond acceptors (Lipinski definition) is 6. The lowest BCUT2D eigenvalue weighted by atomic mass is 10.1. The summed E-state index contributed by atoms with van der Waals surface area (Å²) in [4.78, 5) is 15.4. The molecule has 2 aromatic carbocycles. The maximum atomic E-state index is 13.6. The second kappa shape index (κ2) is 7.54. The first-order valence-corrected chi connectivity index (χ1v) is 10.1. The van der Waals surface area contributed by atoms with E-state index in [-0.39, 0.29) is 19.5 Å². The number of rotatable bonds is 5. The van der Waals surface area contributed by atoms with Crippen LogP contribution in [-0.2, 0) is 20.1 Å². The van der Waals surface area contributed by atoms with E-state index < -0.39 is 0 Å². The Kier molecular flexibility index (Phi) is 4.69. The Morgan fingerprint density at radius 1 is 1.00 bits per heavy atom. The molecule has 160 valence electrons. The monoisotopic (exact) mass is 421 g/mol. The van der Waals surface area contributed by atoms with Crippen LogP contribution in [0.1, 0.15) is 32.9 Å². The van der Waals surface area contributed by atoms with E-state index in [9.17, 15) is 4.79 Å². The highest BCUT2D eigenvalue weighted by molar-refractivity contribution is 5.95. The third kappa shape index (κ3) is 3.43. The Labute approximate surface area is 179 Å². The van der Waals surface area contributed by atoms with Crippen LogP contribution in [0.4, 0.5) is 0 Å². The SMILES string of the molecule is Cc1nn(C)c(C)c1CN(Cc1cccc2c1OCO2)C(=O)c1ccc2c(c1)OCO2. The molecule has 0 bridgehead atoms. The molecule has 8 nitrogen and oxygen atoms in total. The number of nitrogens with zero attached hydrogens (tertiary/aromatic N) is 3. The smallest absolute Gasteiger partial charge is 0.254 e. The molecule has 31 heavy (non-hydrogen) atoms. The van der Waals surface area contributed by atoms with E-state index in [4.69, 9.17) is 18.9 Å². The Hall–Kier alpha value is -3.68. The summed E-state index contributed by atoms with van der Waals surface area (Å²) in [5.74, 6) is 2.50. The van der Waals surface area contributed by atoms with Crippen LogP contribution >= 0.6 is 0 Å². The lowest BCUT2D eigenvalue weighted by molar-refractivity contribution is 0.0727. The maximum absolute atomic E-state index is 13.6. The number of para-hydroxylation sites is 1. The van der Waals surface area contributed by atoms with Gasteiger partial charge in [-0.25, -0.2) is 0 Å².